The van der Waals surface area contributed by atoms with Crippen molar-refractivity contribution >= 4 is 29.1 Å². The number of rotatable bonds is 4. The molecule has 35 heavy (non-hydrogen) atoms. The zero-order chi connectivity index (χ0) is 24.3. The second-order valence-corrected chi connectivity index (χ2v) is 9.35. The molecule has 3 atom stereocenters. The van der Waals surface area contributed by atoms with Gasteiger partial charge in [0.1, 0.15) is 11.2 Å². The number of carbonyl (C=O) groups is 3. The Hall–Kier alpha value is -3.99. The van der Waals surface area contributed by atoms with E-state index in [0.29, 0.717) is 29.0 Å². The smallest absolute Gasteiger partial charge is 0.180 e. The maximum atomic E-state index is 14.4. The van der Waals surface area contributed by atoms with E-state index in [2.05, 4.69) is 0 Å². The number of nitrogens with zero attached hydrogens (tertiary/aromatic N) is 1. The minimum Gasteiger partial charge on any atom is -0.494 e. The molecule has 0 bridgehead atoms. The van der Waals surface area contributed by atoms with Crippen LogP contribution >= 0.6 is 0 Å². The normalized spacial score (nSPS) is 23.3. The molecule has 0 amide bonds. The lowest BCUT2D eigenvalue weighted by atomic mass is 9.64. The van der Waals surface area contributed by atoms with E-state index < -0.39 is 23.4 Å². The molecule has 5 nitrogen and oxygen atoms in total. The average molecular weight is 464 g/mol. The molecule has 6 rings (SSSR count). The van der Waals surface area contributed by atoms with E-state index in [1.165, 1.54) is 0 Å². The summed E-state index contributed by atoms with van der Waals surface area (Å²) in [5, 5.41) is 0. The standard InChI is InChI=1S/C30H25NO4/c1-3-35-24-15-9-7-13-22(24)26-27(18(2)32)31-23-14-8-4-10-19(23)16-17-25(31)30(26)28(33)20-11-5-6-12-21(20)29(30)34/h4-17,25-27H,3H2,1-2H3/t25-,26-,27+/m1/s1. The highest BCUT2D eigenvalue weighted by Gasteiger charge is 2.71. The third-order valence-corrected chi connectivity index (χ3v) is 7.68. The molecule has 2 aliphatic heterocycles. The molecule has 2 heterocycles. The topological polar surface area (TPSA) is 63.7 Å². The van der Waals surface area contributed by atoms with E-state index >= 15 is 0 Å². The van der Waals surface area contributed by atoms with E-state index in [-0.39, 0.29) is 17.3 Å². The summed E-state index contributed by atoms with van der Waals surface area (Å²) in [6.45, 7) is 3.88. The van der Waals surface area contributed by atoms with Gasteiger partial charge in [-0.1, -0.05) is 72.8 Å². The molecular weight excluding hydrogens is 438 g/mol. The first-order chi connectivity index (χ1) is 17.0. The van der Waals surface area contributed by atoms with Crippen molar-refractivity contribution in [1.29, 1.82) is 0 Å². The minimum atomic E-state index is -1.47. The Balaban J connectivity index is 1.69. The largest absolute Gasteiger partial charge is 0.494 e. The Morgan fingerprint density at radius 1 is 0.914 bits per heavy atom. The van der Waals surface area contributed by atoms with E-state index in [9.17, 15) is 14.4 Å². The van der Waals surface area contributed by atoms with Gasteiger partial charge in [-0.3, -0.25) is 14.4 Å². The molecule has 174 valence electrons. The molecule has 5 heteroatoms. The Morgan fingerprint density at radius 2 is 1.54 bits per heavy atom. The van der Waals surface area contributed by atoms with Crippen LogP contribution in [0.4, 0.5) is 5.69 Å². The lowest BCUT2D eigenvalue weighted by molar-refractivity contribution is -0.118. The monoisotopic (exact) mass is 463 g/mol. The summed E-state index contributed by atoms with van der Waals surface area (Å²) < 4.78 is 5.98. The van der Waals surface area contributed by atoms with Crippen molar-refractivity contribution in [2.75, 3.05) is 11.5 Å². The average Bonchev–Trinajstić information content (AvgIpc) is 3.31. The number of hydrogen-bond donors (Lipinski definition) is 0. The minimum absolute atomic E-state index is 0.0927. The van der Waals surface area contributed by atoms with Gasteiger partial charge in [0.25, 0.3) is 0 Å². The lowest BCUT2D eigenvalue weighted by Crippen LogP contribution is -2.48. The van der Waals surface area contributed by atoms with Crippen molar-refractivity contribution in [3.05, 3.63) is 101 Å². The van der Waals surface area contributed by atoms with Crippen LogP contribution in [0, 0.1) is 5.41 Å². The number of carbonyl (C=O) groups excluding carboxylic acids is 3. The first-order valence-corrected chi connectivity index (χ1v) is 12.0. The van der Waals surface area contributed by atoms with Crippen LogP contribution in [-0.4, -0.2) is 36.0 Å². The van der Waals surface area contributed by atoms with E-state index in [4.69, 9.17) is 4.74 Å². The van der Waals surface area contributed by atoms with Crippen LogP contribution in [0.1, 0.15) is 51.6 Å². The molecular formula is C30H25NO4. The van der Waals surface area contributed by atoms with Gasteiger partial charge in [-0.25, -0.2) is 0 Å². The second kappa shape index (κ2) is 7.77. The van der Waals surface area contributed by atoms with E-state index in [0.717, 1.165) is 11.3 Å². The SMILES string of the molecule is CCOc1ccccc1[C@@H]1[C@H](C(C)=O)N2c3ccccc3C=C[C@@H]2C12C(=O)c1ccccc1C2=O. The van der Waals surface area contributed by atoms with Gasteiger partial charge in [0.2, 0.25) is 0 Å². The fourth-order valence-electron chi connectivity index (χ4n) is 6.44. The van der Waals surface area contributed by atoms with Crippen molar-refractivity contribution in [1.82, 2.24) is 0 Å². The van der Waals surface area contributed by atoms with Crippen LogP contribution in [0.15, 0.2) is 78.9 Å². The summed E-state index contributed by atoms with van der Waals surface area (Å²) in [7, 11) is 0. The molecule has 1 aliphatic carbocycles. The van der Waals surface area contributed by atoms with Crippen molar-refractivity contribution in [3.63, 3.8) is 0 Å². The van der Waals surface area contributed by atoms with Gasteiger partial charge in [0.05, 0.1) is 18.7 Å². The predicted octanol–water partition coefficient (Wildman–Crippen LogP) is 5.11. The summed E-state index contributed by atoms with van der Waals surface area (Å²) in [6.07, 6.45) is 3.90. The van der Waals surface area contributed by atoms with Crippen LogP contribution in [0.3, 0.4) is 0 Å². The zero-order valence-electron chi connectivity index (χ0n) is 19.6. The van der Waals surface area contributed by atoms with Gasteiger partial charge in [0.15, 0.2) is 17.3 Å². The predicted molar refractivity (Wildman–Crippen MR) is 134 cm³/mol. The summed E-state index contributed by atoms with van der Waals surface area (Å²) >= 11 is 0. The number of para-hydroxylation sites is 2. The third-order valence-electron chi connectivity index (χ3n) is 7.68. The Bertz CT molecular complexity index is 1390. The van der Waals surface area contributed by atoms with E-state index in [1.807, 2.05) is 72.5 Å². The van der Waals surface area contributed by atoms with Gasteiger partial charge in [0, 0.05) is 28.3 Å². The van der Waals surface area contributed by atoms with Crippen molar-refractivity contribution in [3.8, 4) is 5.75 Å². The summed E-state index contributed by atoms with van der Waals surface area (Å²) in [5.74, 6) is -0.658. The van der Waals surface area contributed by atoms with Gasteiger partial charge in [-0.05, 0) is 31.5 Å². The van der Waals surface area contributed by atoms with Gasteiger partial charge < -0.3 is 9.64 Å². The molecule has 3 aromatic rings. The Kier molecular flexibility index (Phi) is 4.78. The lowest BCUT2D eigenvalue weighted by Gasteiger charge is -2.37. The fraction of sp³-hybridized carbons (Fsp3) is 0.233. The number of ketones is 3. The van der Waals surface area contributed by atoms with Crippen molar-refractivity contribution in [2.24, 2.45) is 5.41 Å². The first-order valence-electron chi connectivity index (χ1n) is 12.0. The van der Waals surface area contributed by atoms with Crippen LogP contribution in [0.25, 0.3) is 6.08 Å². The number of hydrogen-bond acceptors (Lipinski definition) is 5. The third kappa shape index (κ3) is 2.72. The van der Waals surface area contributed by atoms with Crippen LogP contribution < -0.4 is 9.64 Å². The Morgan fingerprint density at radius 3 is 2.23 bits per heavy atom. The second-order valence-electron chi connectivity index (χ2n) is 9.35. The van der Waals surface area contributed by atoms with Gasteiger partial charge in [-0.15, -0.1) is 0 Å². The zero-order valence-corrected chi connectivity index (χ0v) is 19.6. The number of fused-ring (bicyclic) bond motifs is 5. The highest BCUT2D eigenvalue weighted by molar-refractivity contribution is 6.32. The van der Waals surface area contributed by atoms with Crippen LogP contribution in [0.2, 0.25) is 0 Å². The summed E-state index contributed by atoms with van der Waals surface area (Å²) in [6, 6.07) is 21.0. The molecule has 3 aliphatic rings. The fourth-order valence-corrected chi connectivity index (χ4v) is 6.44. The highest BCUT2D eigenvalue weighted by atomic mass is 16.5. The first kappa shape index (κ1) is 21.5. The van der Waals surface area contributed by atoms with Crippen LogP contribution in [0.5, 0.6) is 5.75 Å². The number of ether oxygens (including phenoxy) is 1. The van der Waals surface area contributed by atoms with Crippen molar-refractivity contribution in [2.45, 2.75) is 31.8 Å². The summed E-state index contributed by atoms with van der Waals surface area (Å²) in [5.41, 5.74) is 1.90. The molecule has 0 N–H and O–H groups in total. The molecule has 1 fully saturated rings. The molecule has 0 unspecified atom stereocenters. The number of anilines is 1. The van der Waals surface area contributed by atoms with Gasteiger partial charge >= 0.3 is 0 Å². The number of Topliss-reactive ketones (excluding diaryl/α,β-unsaturated/α-hetero) is 3. The molecule has 0 saturated carbocycles. The van der Waals surface area contributed by atoms with E-state index in [1.54, 1.807) is 31.2 Å². The van der Waals surface area contributed by atoms with Crippen molar-refractivity contribution < 1.29 is 19.1 Å². The molecule has 1 spiro atoms. The maximum absolute atomic E-state index is 14.4. The highest BCUT2D eigenvalue weighted by Crippen LogP contribution is 2.61. The van der Waals surface area contributed by atoms with Crippen LogP contribution in [-0.2, 0) is 4.79 Å². The molecule has 0 aromatic heterocycles. The number of benzene rings is 3. The molecule has 3 aromatic carbocycles. The molecule has 0 radical (unpaired) electrons. The maximum Gasteiger partial charge on any atom is 0.180 e. The summed E-state index contributed by atoms with van der Waals surface area (Å²) in [4.78, 5) is 44.2. The molecule has 1 saturated heterocycles. The quantitative estimate of drug-likeness (QED) is 0.504. The Labute approximate surface area is 204 Å². The van der Waals surface area contributed by atoms with Gasteiger partial charge in [-0.2, -0.15) is 0 Å².